The van der Waals surface area contributed by atoms with Crippen LogP contribution in [0.4, 0.5) is 0 Å². The third kappa shape index (κ3) is 4.24. The molecule has 3 aliphatic rings. The Hall–Kier alpha value is -2.48. The molecule has 1 N–H and O–H groups in total. The molecule has 6 nitrogen and oxygen atoms in total. The number of sulfonamides is 1. The molecule has 7 heteroatoms. The molecule has 1 heterocycles. The predicted octanol–water partition coefficient (Wildman–Crippen LogP) is 4.55. The highest BCUT2D eigenvalue weighted by atomic mass is 32.2. The maximum atomic E-state index is 13.8. The summed E-state index contributed by atoms with van der Waals surface area (Å²) in [5.41, 5.74) is 4.46. The first-order valence-electron chi connectivity index (χ1n) is 12.4. The van der Waals surface area contributed by atoms with Gasteiger partial charge in [-0.25, -0.2) is 12.7 Å². The molecule has 3 fully saturated rings. The van der Waals surface area contributed by atoms with Crippen molar-refractivity contribution in [3.8, 4) is 0 Å². The monoisotopic (exact) mass is 494 g/mol. The van der Waals surface area contributed by atoms with Gasteiger partial charge in [-0.2, -0.15) is 5.48 Å². The van der Waals surface area contributed by atoms with E-state index in [0.29, 0.717) is 12.3 Å². The molecular formula is C28H34N2O4S. The van der Waals surface area contributed by atoms with E-state index in [9.17, 15) is 13.2 Å². The summed E-state index contributed by atoms with van der Waals surface area (Å²) in [5, 5.41) is 0. The number of amides is 1. The lowest BCUT2D eigenvalue weighted by Crippen LogP contribution is -2.51. The second kappa shape index (κ2) is 9.19. The molecule has 2 aromatic rings. The van der Waals surface area contributed by atoms with Crippen LogP contribution in [-0.2, 0) is 26.3 Å². The molecule has 1 aliphatic heterocycles. The molecule has 1 spiro atoms. The number of benzene rings is 2. The van der Waals surface area contributed by atoms with Crippen molar-refractivity contribution in [1.82, 2.24) is 9.79 Å². The lowest BCUT2D eigenvalue weighted by Gasteiger charge is -2.37. The Bertz CT molecular complexity index is 1200. The summed E-state index contributed by atoms with van der Waals surface area (Å²) in [6.07, 6.45) is 6.84. The second-order valence-corrected chi connectivity index (χ2v) is 12.6. The Balaban J connectivity index is 1.37. The van der Waals surface area contributed by atoms with Crippen molar-refractivity contribution in [2.75, 3.05) is 5.75 Å². The Kier molecular flexibility index (Phi) is 6.36. The molecule has 1 saturated heterocycles. The Labute approximate surface area is 208 Å². The quantitative estimate of drug-likeness (QED) is 0.545. The van der Waals surface area contributed by atoms with Crippen LogP contribution >= 0.6 is 0 Å². The van der Waals surface area contributed by atoms with Gasteiger partial charge in [0.2, 0.25) is 10.0 Å². The van der Waals surface area contributed by atoms with Gasteiger partial charge < -0.3 is 0 Å². The van der Waals surface area contributed by atoms with Gasteiger partial charge in [0.1, 0.15) is 6.04 Å². The maximum absolute atomic E-state index is 13.8. The van der Waals surface area contributed by atoms with Gasteiger partial charge in [0, 0.05) is 5.41 Å². The fraction of sp³-hybridized carbons (Fsp3) is 0.464. The summed E-state index contributed by atoms with van der Waals surface area (Å²) in [5.74, 6) is 0.107. The zero-order valence-corrected chi connectivity index (χ0v) is 21.2. The smallest absolute Gasteiger partial charge is 0.256 e. The molecule has 2 aromatic carbocycles. The summed E-state index contributed by atoms with van der Waals surface area (Å²) in [6, 6.07) is 18.4. The first-order chi connectivity index (χ1) is 16.7. The van der Waals surface area contributed by atoms with Crippen LogP contribution < -0.4 is 5.48 Å². The van der Waals surface area contributed by atoms with Gasteiger partial charge in [0.05, 0.1) is 18.4 Å². The standard InChI is InChI=1S/C28H34N2O4S/c1-27(2)23-16-17-28(27)20-35(32,33)30(25(28)18-23)26(31)24(15-9-14-21-10-5-3-6-11-21)29-34-19-22-12-7-4-8-13-22/h3-14,23-25,29H,15-20H2,1-2H3/b14-9+/t23?,24-,25?,28+/m0/s1. The number of carbonyl (C=O) groups excluding carboxylic acids is 1. The molecule has 2 unspecified atom stereocenters. The SMILES string of the molecule is CC1(C)C2CC[C@]13CS(=O)(=O)N(C(=O)[C@H](C/C=C/c1ccccc1)NOCc1ccccc1)C3C2. The van der Waals surface area contributed by atoms with Crippen LogP contribution in [0.1, 0.15) is 50.7 Å². The van der Waals surface area contributed by atoms with Crippen molar-refractivity contribution in [3.63, 3.8) is 0 Å². The zero-order valence-electron chi connectivity index (χ0n) is 20.4. The van der Waals surface area contributed by atoms with E-state index in [4.69, 9.17) is 4.84 Å². The van der Waals surface area contributed by atoms with Crippen molar-refractivity contribution >= 4 is 22.0 Å². The van der Waals surface area contributed by atoms with Gasteiger partial charge in [0.25, 0.3) is 5.91 Å². The minimum atomic E-state index is -3.70. The largest absolute Gasteiger partial charge is 0.296 e. The van der Waals surface area contributed by atoms with E-state index in [1.807, 2.05) is 72.8 Å². The highest BCUT2D eigenvalue weighted by molar-refractivity contribution is 7.90. The minimum Gasteiger partial charge on any atom is -0.296 e. The van der Waals surface area contributed by atoms with Crippen LogP contribution in [0, 0.1) is 16.7 Å². The van der Waals surface area contributed by atoms with Crippen LogP contribution in [0.2, 0.25) is 0 Å². The minimum absolute atomic E-state index is 0.0668. The summed E-state index contributed by atoms with van der Waals surface area (Å²) < 4.78 is 28.0. The van der Waals surface area contributed by atoms with Gasteiger partial charge in [0.15, 0.2) is 0 Å². The van der Waals surface area contributed by atoms with Crippen molar-refractivity contribution in [1.29, 1.82) is 0 Å². The van der Waals surface area contributed by atoms with Gasteiger partial charge >= 0.3 is 0 Å². The van der Waals surface area contributed by atoms with Crippen molar-refractivity contribution in [2.24, 2.45) is 16.7 Å². The lowest BCUT2D eigenvalue weighted by atomic mass is 9.69. The fourth-order valence-electron chi connectivity index (χ4n) is 6.64. The first-order valence-corrected chi connectivity index (χ1v) is 14.0. The van der Waals surface area contributed by atoms with Gasteiger partial charge in [-0.3, -0.25) is 9.63 Å². The van der Waals surface area contributed by atoms with Crippen LogP contribution in [0.25, 0.3) is 6.08 Å². The number of carbonyl (C=O) groups is 1. The third-order valence-electron chi connectivity index (χ3n) is 8.72. The van der Waals surface area contributed by atoms with Crippen LogP contribution in [0.5, 0.6) is 0 Å². The number of fused-ring (bicyclic) bond motifs is 1. The van der Waals surface area contributed by atoms with Gasteiger partial charge in [-0.05, 0) is 48.1 Å². The summed E-state index contributed by atoms with van der Waals surface area (Å²) in [6.45, 7) is 4.66. The number of hydroxylamine groups is 1. The molecule has 4 atom stereocenters. The third-order valence-corrected chi connectivity index (χ3v) is 10.6. The molecule has 186 valence electrons. The van der Waals surface area contributed by atoms with Crippen LogP contribution in [0.3, 0.4) is 0 Å². The van der Waals surface area contributed by atoms with Crippen molar-refractivity contribution in [2.45, 2.75) is 58.2 Å². The van der Waals surface area contributed by atoms with Crippen molar-refractivity contribution in [3.05, 3.63) is 77.9 Å². The molecule has 0 aromatic heterocycles. The van der Waals surface area contributed by atoms with E-state index >= 15 is 0 Å². The number of rotatable bonds is 8. The number of hydrogen-bond donors (Lipinski definition) is 1. The first kappa shape index (κ1) is 24.2. The highest BCUT2D eigenvalue weighted by Crippen LogP contribution is 2.70. The molecule has 2 bridgehead atoms. The topological polar surface area (TPSA) is 75.7 Å². The van der Waals surface area contributed by atoms with Gasteiger partial charge in [-0.15, -0.1) is 0 Å². The molecule has 0 radical (unpaired) electrons. The van der Waals surface area contributed by atoms with Crippen molar-refractivity contribution < 1.29 is 18.0 Å². The molecule has 2 aliphatic carbocycles. The zero-order chi connectivity index (χ0) is 24.7. The number of hydrogen-bond acceptors (Lipinski definition) is 5. The predicted molar refractivity (Wildman–Crippen MR) is 136 cm³/mol. The van der Waals surface area contributed by atoms with E-state index < -0.39 is 22.0 Å². The molecule has 1 amide bonds. The fourth-order valence-corrected chi connectivity index (χ4v) is 9.21. The molecule has 35 heavy (non-hydrogen) atoms. The summed E-state index contributed by atoms with van der Waals surface area (Å²) in [4.78, 5) is 19.6. The average molecular weight is 495 g/mol. The van der Waals surface area contributed by atoms with E-state index in [1.165, 1.54) is 4.31 Å². The summed E-state index contributed by atoms with van der Waals surface area (Å²) >= 11 is 0. The Morgan fingerprint density at radius 2 is 1.83 bits per heavy atom. The van der Waals surface area contributed by atoms with E-state index in [2.05, 4.69) is 19.3 Å². The van der Waals surface area contributed by atoms with Crippen LogP contribution in [0.15, 0.2) is 66.7 Å². The normalized spacial score (nSPS) is 28.9. The lowest BCUT2D eigenvalue weighted by molar-refractivity contribution is -0.136. The Morgan fingerprint density at radius 1 is 1.14 bits per heavy atom. The molecule has 5 rings (SSSR count). The maximum Gasteiger partial charge on any atom is 0.256 e. The molecule has 2 saturated carbocycles. The Morgan fingerprint density at radius 3 is 2.51 bits per heavy atom. The highest BCUT2D eigenvalue weighted by Gasteiger charge is 2.72. The number of nitrogens with one attached hydrogen (secondary N) is 1. The summed E-state index contributed by atoms with van der Waals surface area (Å²) in [7, 11) is -3.70. The van der Waals surface area contributed by atoms with Gasteiger partial charge in [-0.1, -0.05) is 86.7 Å². The molecular weight excluding hydrogens is 460 g/mol. The number of nitrogens with zero attached hydrogens (tertiary/aromatic N) is 1. The van der Waals surface area contributed by atoms with E-state index in [0.717, 1.165) is 30.4 Å². The van der Waals surface area contributed by atoms with E-state index in [1.54, 1.807) is 0 Å². The average Bonchev–Trinajstić information content (AvgIpc) is 3.32. The second-order valence-electron chi connectivity index (χ2n) is 10.7. The van der Waals surface area contributed by atoms with Crippen LogP contribution in [-0.4, -0.2) is 36.5 Å². The van der Waals surface area contributed by atoms with E-state index in [-0.39, 0.29) is 29.2 Å².